The maximum Gasteiger partial charge on any atom is 0.194 e. The number of ketones is 1. The van der Waals surface area contributed by atoms with E-state index in [0.29, 0.717) is 25.4 Å². The minimum atomic E-state index is -0.955. The lowest BCUT2D eigenvalue weighted by Crippen LogP contribution is -2.63. The molecule has 6 rings (SSSR count). The Kier molecular flexibility index (Phi) is 11.7. The highest BCUT2D eigenvalue weighted by atomic mass is 16.6. The number of Topliss-reactive ketones (excluding diaryl/α,β-unsaturated/α-hetero) is 1. The first-order chi connectivity index (χ1) is 23.2. The van der Waals surface area contributed by atoms with Gasteiger partial charge in [-0.2, -0.15) is 0 Å². The van der Waals surface area contributed by atoms with E-state index in [2.05, 4.69) is 0 Å². The summed E-state index contributed by atoms with van der Waals surface area (Å²) in [5.41, 5.74) is 4.59. The van der Waals surface area contributed by atoms with Crippen LogP contribution in [0.15, 0.2) is 152 Å². The van der Waals surface area contributed by atoms with Crippen molar-refractivity contribution in [3.05, 3.63) is 179 Å². The Morgan fingerprint density at radius 3 is 1.32 bits per heavy atom. The predicted octanol–water partition coefficient (Wildman–Crippen LogP) is 7.61. The number of hydrogen-bond acceptors (Lipinski definition) is 6. The van der Waals surface area contributed by atoms with Crippen LogP contribution in [0.4, 0.5) is 0 Å². The number of ether oxygens (including phenoxy) is 5. The van der Waals surface area contributed by atoms with E-state index >= 15 is 0 Å². The molecule has 240 valence electrons. The Morgan fingerprint density at radius 2 is 0.851 bits per heavy atom. The van der Waals surface area contributed by atoms with Crippen molar-refractivity contribution in [1.29, 1.82) is 0 Å². The topological polar surface area (TPSA) is 63.2 Å². The summed E-state index contributed by atoms with van der Waals surface area (Å²) in [7, 11) is 0. The molecule has 0 spiro atoms. The number of rotatable bonds is 15. The molecule has 0 aliphatic carbocycles. The third-order valence-electron chi connectivity index (χ3n) is 8.20. The third-order valence-corrected chi connectivity index (χ3v) is 8.20. The molecule has 6 heteroatoms. The molecule has 0 saturated carbocycles. The van der Waals surface area contributed by atoms with E-state index in [0.717, 1.165) is 22.3 Å². The van der Waals surface area contributed by atoms with Gasteiger partial charge in [-0.1, -0.05) is 152 Å². The van der Waals surface area contributed by atoms with Gasteiger partial charge in [0.1, 0.15) is 30.5 Å². The fourth-order valence-electron chi connectivity index (χ4n) is 5.77. The van der Waals surface area contributed by atoms with Crippen LogP contribution in [0.25, 0.3) is 0 Å². The van der Waals surface area contributed by atoms with E-state index in [4.69, 9.17) is 23.7 Å². The largest absolute Gasteiger partial charge is 0.374 e. The highest BCUT2D eigenvalue weighted by Crippen LogP contribution is 2.32. The van der Waals surface area contributed by atoms with Gasteiger partial charge in [0.05, 0.1) is 33.0 Å². The zero-order chi connectivity index (χ0) is 32.1. The van der Waals surface area contributed by atoms with Gasteiger partial charge in [0, 0.05) is 5.56 Å². The lowest BCUT2D eigenvalue weighted by Gasteiger charge is -2.45. The van der Waals surface area contributed by atoms with Crippen LogP contribution < -0.4 is 0 Å². The molecule has 47 heavy (non-hydrogen) atoms. The molecule has 1 saturated heterocycles. The number of carbonyl (C=O) groups is 1. The summed E-state index contributed by atoms with van der Waals surface area (Å²) in [5.74, 6) is -0.174. The minimum Gasteiger partial charge on any atom is -0.374 e. The molecule has 1 heterocycles. The number of benzene rings is 5. The van der Waals surface area contributed by atoms with Crippen molar-refractivity contribution in [3.63, 3.8) is 0 Å². The molecule has 0 amide bonds. The average molecular weight is 629 g/mol. The summed E-state index contributed by atoms with van der Waals surface area (Å²) >= 11 is 0. The van der Waals surface area contributed by atoms with Gasteiger partial charge in [-0.05, 0) is 22.3 Å². The van der Waals surface area contributed by atoms with Gasteiger partial charge in [-0.15, -0.1) is 0 Å². The van der Waals surface area contributed by atoms with Crippen LogP contribution in [0.5, 0.6) is 0 Å². The molecular weight excluding hydrogens is 588 g/mol. The van der Waals surface area contributed by atoms with E-state index < -0.39 is 30.5 Å². The third kappa shape index (κ3) is 9.10. The molecule has 0 aromatic heterocycles. The van der Waals surface area contributed by atoms with Crippen molar-refractivity contribution in [2.75, 3.05) is 6.61 Å². The summed E-state index contributed by atoms with van der Waals surface area (Å²) in [6.07, 6.45) is -3.59. The Hall–Kier alpha value is -4.43. The van der Waals surface area contributed by atoms with Gasteiger partial charge >= 0.3 is 0 Å². The summed E-state index contributed by atoms with van der Waals surface area (Å²) in [5, 5.41) is 0. The van der Waals surface area contributed by atoms with Crippen LogP contribution in [0, 0.1) is 0 Å². The lowest BCUT2D eigenvalue weighted by molar-refractivity contribution is -0.261. The molecule has 1 aliphatic rings. The van der Waals surface area contributed by atoms with E-state index in [-0.39, 0.29) is 19.0 Å². The van der Waals surface area contributed by atoms with E-state index in [9.17, 15) is 4.79 Å². The summed E-state index contributed by atoms with van der Waals surface area (Å²) in [6.45, 7) is 1.51. The maximum atomic E-state index is 14.2. The van der Waals surface area contributed by atoms with Crippen molar-refractivity contribution in [3.8, 4) is 0 Å². The predicted molar refractivity (Wildman–Crippen MR) is 181 cm³/mol. The average Bonchev–Trinajstić information content (AvgIpc) is 3.14. The first-order valence-electron chi connectivity index (χ1n) is 16.1. The molecule has 0 bridgehead atoms. The summed E-state index contributed by atoms with van der Waals surface area (Å²) in [4.78, 5) is 14.2. The summed E-state index contributed by atoms with van der Waals surface area (Å²) < 4.78 is 33.0. The van der Waals surface area contributed by atoms with Gasteiger partial charge in [-0.25, -0.2) is 0 Å². The Balaban J connectivity index is 1.34. The van der Waals surface area contributed by atoms with E-state index in [1.165, 1.54) is 0 Å². The van der Waals surface area contributed by atoms with Crippen LogP contribution in [-0.4, -0.2) is 42.9 Å². The smallest absolute Gasteiger partial charge is 0.194 e. The van der Waals surface area contributed by atoms with Crippen LogP contribution in [0.2, 0.25) is 0 Å². The quantitative estimate of drug-likeness (QED) is 0.111. The van der Waals surface area contributed by atoms with Gasteiger partial charge in [0.25, 0.3) is 0 Å². The monoisotopic (exact) mass is 628 g/mol. The van der Waals surface area contributed by atoms with Crippen LogP contribution in [0.1, 0.15) is 32.6 Å². The first kappa shape index (κ1) is 32.5. The Labute approximate surface area is 276 Å². The molecule has 0 N–H and O–H groups in total. The molecule has 5 aromatic rings. The standard InChI is InChI=1S/C41H40O6/c42-37(35-24-14-5-15-25-35)39-41(46-29-34-22-12-4-13-23-34)40(45-28-33-20-10-3-11-21-33)38(44-27-32-18-8-2-9-19-32)36(47-39)30-43-26-31-16-6-1-7-17-31/h1-25,36,38-41H,26-30H2/t36?,38-,39+,40?,41?/m1/s1. The minimum absolute atomic E-state index is 0.174. The molecule has 1 aliphatic heterocycles. The fourth-order valence-corrected chi connectivity index (χ4v) is 5.77. The highest BCUT2D eigenvalue weighted by Gasteiger charge is 2.51. The van der Waals surface area contributed by atoms with Crippen molar-refractivity contribution in [2.24, 2.45) is 0 Å². The second kappa shape index (κ2) is 16.9. The van der Waals surface area contributed by atoms with Gasteiger partial charge in [-0.3, -0.25) is 4.79 Å². The first-order valence-corrected chi connectivity index (χ1v) is 16.1. The number of hydrogen-bond donors (Lipinski definition) is 0. The molecule has 5 atom stereocenters. The van der Waals surface area contributed by atoms with Crippen molar-refractivity contribution < 1.29 is 28.5 Å². The summed E-state index contributed by atoms with van der Waals surface area (Å²) in [6, 6.07) is 49.1. The van der Waals surface area contributed by atoms with Crippen molar-refractivity contribution in [2.45, 2.75) is 56.9 Å². The van der Waals surface area contributed by atoms with Crippen LogP contribution >= 0.6 is 0 Å². The van der Waals surface area contributed by atoms with Crippen molar-refractivity contribution in [1.82, 2.24) is 0 Å². The second-order valence-corrected chi connectivity index (χ2v) is 11.6. The molecule has 5 aromatic carbocycles. The fraction of sp³-hybridized carbons (Fsp3) is 0.244. The maximum absolute atomic E-state index is 14.2. The normalized spacial score (nSPS) is 20.9. The second-order valence-electron chi connectivity index (χ2n) is 11.6. The van der Waals surface area contributed by atoms with Crippen LogP contribution in [-0.2, 0) is 50.1 Å². The van der Waals surface area contributed by atoms with E-state index in [1.54, 1.807) is 12.1 Å². The molecule has 3 unspecified atom stereocenters. The van der Waals surface area contributed by atoms with Gasteiger partial charge in [0.2, 0.25) is 0 Å². The van der Waals surface area contributed by atoms with Gasteiger partial charge in [0.15, 0.2) is 5.78 Å². The highest BCUT2D eigenvalue weighted by molar-refractivity contribution is 6.00. The molecular formula is C41H40O6. The van der Waals surface area contributed by atoms with Gasteiger partial charge < -0.3 is 23.7 Å². The van der Waals surface area contributed by atoms with Crippen molar-refractivity contribution >= 4 is 5.78 Å². The molecule has 6 nitrogen and oxygen atoms in total. The zero-order valence-corrected chi connectivity index (χ0v) is 26.3. The zero-order valence-electron chi connectivity index (χ0n) is 26.3. The Morgan fingerprint density at radius 1 is 0.468 bits per heavy atom. The van der Waals surface area contributed by atoms with Crippen LogP contribution in [0.3, 0.4) is 0 Å². The SMILES string of the molecule is O=C(c1ccccc1)[C@@H]1OC(COCc2ccccc2)[C@@H](OCc2ccccc2)C(OCc2ccccc2)C1OCc1ccccc1. The number of carbonyl (C=O) groups excluding carboxylic acids is 1. The molecule has 1 fully saturated rings. The molecule has 0 radical (unpaired) electrons. The Bertz CT molecular complexity index is 1620. The van der Waals surface area contributed by atoms with E-state index in [1.807, 2.05) is 140 Å². The lowest BCUT2D eigenvalue weighted by atomic mass is 9.90.